The molecule has 1 fully saturated rings. The number of amides is 2. The molecule has 1 aliphatic rings. The van der Waals surface area contributed by atoms with Gasteiger partial charge in [-0.3, -0.25) is 9.59 Å². The number of carbonyl (C=O) groups is 2. The Morgan fingerprint density at radius 1 is 1.24 bits per heavy atom. The van der Waals surface area contributed by atoms with Gasteiger partial charge in [-0.05, 0) is 39.0 Å². The Morgan fingerprint density at radius 3 is 2.40 bits per heavy atom. The van der Waals surface area contributed by atoms with E-state index >= 15 is 0 Å². The Balaban J connectivity index is 1.87. The number of ether oxygens (including phenoxy) is 1. The van der Waals surface area contributed by atoms with Gasteiger partial charge in [0.25, 0.3) is 0 Å². The van der Waals surface area contributed by atoms with Crippen molar-refractivity contribution in [2.45, 2.75) is 44.8 Å². The lowest BCUT2D eigenvalue weighted by Gasteiger charge is -2.29. The highest BCUT2D eigenvalue weighted by Gasteiger charge is 2.23. The van der Waals surface area contributed by atoms with E-state index in [1.165, 1.54) is 11.8 Å². The summed E-state index contributed by atoms with van der Waals surface area (Å²) in [7, 11) is 0. The van der Waals surface area contributed by atoms with E-state index in [4.69, 9.17) is 4.74 Å². The van der Waals surface area contributed by atoms with E-state index < -0.39 is 6.04 Å². The number of aryl methyl sites for hydroxylation is 2. The number of hydrogen-bond acceptors (Lipinski definition) is 6. The van der Waals surface area contributed by atoms with Crippen molar-refractivity contribution in [1.82, 2.24) is 20.2 Å². The summed E-state index contributed by atoms with van der Waals surface area (Å²) >= 11 is 1.50. The minimum atomic E-state index is -0.525. The highest BCUT2D eigenvalue weighted by Crippen LogP contribution is 2.17. The Bertz CT molecular complexity index is 609. The van der Waals surface area contributed by atoms with Gasteiger partial charge in [0.15, 0.2) is 5.16 Å². The molecule has 0 radical (unpaired) electrons. The maximum atomic E-state index is 12.3. The molecule has 0 spiro atoms. The van der Waals surface area contributed by atoms with E-state index in [0.717, 1.165) is 22.1 Å². The summed E-state index contributed by atoms with van der Waals surface area (Å²) in [5.74, 6) is -0.196. The third-order valence-electron chi connectivity index (χ3n) is 4.26. The van der Waals surface area contributed by atoms with E-state index in [0.29, 0.717) is 39.1 Å². The Morgan fingerprint density at radius 2 is 1.84 bits per heavy atom. The normalized spacial score (nSPS) is 15.8. The molecule has 0 saturated carbocycles. The first-order valence-electron chi connectivity index (χ1n) is 8.46. The number of thioether (sulfide) groups is 1. The molecule has 25 heavy (non-hydrogen) atoms. The zero-order valence-electron chi connectivity index (χ0n) is 15.3. The van der Waals surface area contributed by atoms with Crippen LogP contribution < -0.4 is 5.32 Å². The maximum Gasteiger partial charge on any atom is 0.245 e. The number of aromatic nitrogens is 2. The molecule has 0 bridgehead atoms. The van der Waals surface area contributed by atoms with Gasteiger partial charge in [0.05, 0.1) is 13.2 Å². The SMILES string of the molecule is CSc1nc(C)c(CCC(=O)NC(C)C(=O)N2CCOCC2)c(C)n1. The number of hydrogen-bond donors (Lipinski definition) is 1. The summed E-state index contributed by atoms with van der Waals surface area (Å²) in [6, 6.07) is -0.525. The minimum Gasteiger partial charge on any atom is -0.378 e. The Labute approximate surface area is 152 Å². The van der Waals surface area contributed by atoms with Gasteiger partial charge in [-0.15, -0.1) is 0 Å². The number of morpholine rings is 1. The summed E-state index contributed by atoms with van der Waals surface area (Å²) in [5.41, 5.74) is 2.81. The van der Waals surface area contributed by atoms with Crippen LogP contribution in [0.15, 0.2) is 5.16 Å². The molecule has 1 unspecified atom stereocenters. The fraction of sp³-hybridized carbons (Fsp3) is 0.647. The fourth-order valence-corrected chi connectivity index (χ4v) is 3.29. The summed E-state index contributed by atoms with van der Waals surface area (Å²) in [6.45, 7) is 7.86. The molecule has 138 valence electrons. The van der Waals surface area contributed by atoms with Crippen LogP contribution in [0.25, 0.3) is 0 Å². The van der Waals surface area contributed by atoms with Crippen LogP contribution in [0.5, 0.6) is 0 Å². The molecule has 0 aliphatic carbocycles. The molecule has 8 heteroatoms. The highest BCUT2D eigenvalue weighted by molar-refractivity contribution is 7.98. The van der Waals surface area contributed by atoms with Crippen molar-refractivity contribution in [3.63, 3.8) is 0 Å². The molecule has 1 atom stereocenters. The van der Waals surface area contributed by atoms with E-state index in [1.807, 2.05) is 20.1 Å². The first kappa shape index (κ1) is 19.7. The first-order chi connectivity index (χ1) is 11.9. The topological polar surface area (TPSA) is 84.4 Å². The van der Waals surface area contributed by atoms with Gasteiger partial charge in [0.2, 0.25) is 11.8 Å². The van der Waals surface area contributed by atoms with Crippen molar-refractivity contribution in [2.24, 2.45) is 0 Å². The average molecular weight is 366 g/mol. The lowest BCUT2D eigenvalue weighted by molar-refractivity contribution is -0.139. The van der Waals surface area contributed by atoms with Crippen molar-refractivity contribution >= 4 is 23.6 Å². The number of nitrogens with zero attached hydrogens (tertiary/aromatic N) is 3. The van der Waals surface area contributed by atoms with Crippen LogP contribution in [0.2, 0.25) is 0 Å². The van der Waals surface area contributed by atoms with Gasteiger partial charge < -0.3 is 15.0 Å². The number of nitrogens with one attached hydrogen (secondary N) is 1. The van der Waals surface area contributed by atoms with Crippen LogP contribution in [-0.4, -0.2) is 65.3 Å². The number of carbonyl (C=O) groups excluding carboxylic acids is 2. The zero-order valence-corrected chi connectivity index (χ0v) is 16.1. The average Bonchev–Trinajstić information content (AvgIpc) is 2.60. The van der Waals surface area contributed by atoms with Crippen molar-refractivity contribution in [3.8, 4) is 0 Å². The molecule has 1 N–H and O–H groups in total. The van der Waals surface area contributed by atoms with Gasteiger partial charge in [0.1, 0.15) is 6.04 Å². The van der Waals surface area contributed by atoms with Gasteiger partial charge in [-0.2, -0.15) is 0 Å². The van der Waals surface area contributed by atoms with Crippen molar-refractivity contribution in [2.75, 3.05) is 32.6 Å². The third-order valence-corrected chi connectivity index (χ3v) is 4.80. The summed E-state index contributed by atoms with van der Waals surface area (Å²) < 4.78 is 5.24. The largest absolute Gasteiger partial charge is 0.378 e. The molecule has 7 nitrogen and oxygen atoms in total. The molecule has 2 amide bonds. The van der Waals surface area contributed by atoms with Crippen LogP contribution in [0.3, 0.4) is 0 Å². The molecule has 1 aromatic heterocycles. The predicted octanol–water partition coefficient (Wildman–Crippen LogP) is 1.11. The lowest BCUT2D eigenvalue weighted by atomic mass is 10.1. The summed E-state index contributed by atoms with van der Waals surface area (Å²) in [4.78, 5) is 35.1. The lowest BCUT2D eigenvalue weighted by Crippen LogP contribution is -2.50. The molecule has 1 aliphatic heterocycles. The van der Waals surface area contributed by atoms with Gasteiger partial charge in [-0.1, -0.05) is 11.8 Å². The second-order valence-electron chi connectivity index (χ2n) is 6.09. The third kappa shape index (κ3) is 5.40. The van der Waals surface area contributed by atoms with Gasteiger partial charge in [-0.25, -0.2) is 9.97 Å². The first-order valence-corrected chi connectivity index (χ1v) is 9.69. The zero-order chi connectivity index (χ0) is 18.4. The smallest absolute Gasteiger partial charge is 0.245 e. The standard InChI is InChI=1S/C17H26N4O3S/c1-11-14(12(2)20-17(19-11)25-4)5-6-15(22)18-13(3)16(23)21-7-9-24-10-8-21/h13H,5-10H2,1-4H3,(H,18,22). The molecule has 1 aromatic rings. The van der Waals surface area contributed by atoms with Crippen molar-refractivity contribution in [3.05, 3.63) is 17.0 Å². The highest BCUT2D eigenvalue weighted by atomic mass is 32.2. The quantitative estimate of drug-likeness (QED) is 0.600. The second kappa shape index (κ2) is 9.15. The predicted molar refractivity (Wildman–Crippen MR) is 96.6 cm³/mol. The number of rotatable bonds is 6. The van der Waals surface area contributed by atoms with Crippen LogP contribution in [-0.2, 0) is 20.7 Å². The van der Waals surface area contributed by atoms with Crippen LogP contribution in [0.1, 0.15) is 30.3 Å². The van der Waals surface area contributed by atoms with Crippen LogP contribution in [0, 0.1) is 13.8 Å². The molecule has 2 heterocycles. The minimum absolute atomic E-state index is 0.0586. The van der Waals surface area contributed by atoms with Crippen LogP contribution in [0.4, 0.5) is 0 Å². The molecule has 1 saturated heterocycles. The molecular formula is C17H26N4O3S. The van der Waals surface area contributed by atoms with Crippen molar-refractivity contribution < 1.29 is 14.3 Å². The monoisotopic (exact) mass is 366 g/mol. The molecule has 2 rings (SSSR count). The van der Waals surface area contributed by atoms with E-state index in [1.54, 1.807) is 11.8 Å². The van der Waals surface area contributed by atoms with E-state index in [9.17, 15) is 9.59 Å². The Hall–Kier alpha value is -1.67. The van der Waals surface area contributed by atoms with E-state index in [2.05, 4.69) is 15.3 Å². The van der Waals surface area contributed by atoms with Crippen LogP contribution >= 0.6 is 11.8 Å². The Kier molecular flexibility index (Phi) is 7.19. The summed E-state index contributed by atoms with van der Waals surface area (Å²) in [5, 5.41) is 3.54. The second-order valence-corrected chi connectivity index (χ2v) is 6.86. The fourth-order valence-electron chi connectivity index (χ4n) is 2.83. The van der Waals surface area contributed by atoms with Crippen molar-refractivity contribution in [1.29, 1.82) is 0 Å². The van der Waals surface area contributed by atoms with Gasteiger partial charge in [0, 0.05) is 30.9 Å². The molecule has 0 aromatic carbocycles. The molecular weight excluding hydrogens is 340 g/mol. The van der Waals surface area contributed by atoms with E-state index in [-0.39, 0.29) is 11.8 Å². The summed E-state index contributed by atoms with van der Waals surface area (Å²) in [6.07, 6.45) is 2.81. The maximum absolute atomic E-state index is 12.3. The van der Waals surface area contributed by atoms with Gasteiger partial charge >= 0.3 is 0 Å².